The number of nitrogens with one attached hydrogen (secondary N) is 1. The second-order valence-corrected chi connectivity index (χ2v) is 6.83. The van der Waals surface area contributed by atoms with Gasteiger partial charge in [-0.15, -0.1) is 5.10 Å². The van der Waals surface area contributed by atoms with E-state index in [0.717, 1.165) is 23.1 Å². The Morgan fingerprint density at radius 1 is 1.56 bits per heavy atom. The first kappa shape index (κ1) is 13.5. The van der Waals surface area contributed by atoms with Crippen LogP contribution in [-0.2, 0) is 10.8 Å². The summed E-state index contributed by atoms with van der Waals surface area (Å²) in [6.07, 6.45) is 4.42. The molecule has 0 bridgehead atoms. The topological polar surface area (TPSA) is 59.3 Å². The highest BCUT2D eigenvalue weighted by atomic mass is 79.9. The van der Waals surface area contributed by atoms with E-state index in [1.54, 1.807) is 10.8 Å². The Hall–Kier alpha value is -0.950. The van der Waals surface area contributed by atoms with Gasteiger partial charge in [0.05, 0.1) is 0 Å². The van der Waals surface area contributed by atoms with Gasteiger partial charge in [-0.05, 0) is 34.5 Å². The van der Waals surface area contributed by atoms with E-state index in [9.17, 15) is 4.21 Å². The van der Waals surface area contributed by atoms with Gasteiger partial charge in [-0.3, -0.25) is 4.21 Å². The van der Waals surface area contributed by atoms with Crippen molar-refractivity contribution < 1.29 is 4.21 Å². The smallest absolute Gasteiger partial charge is 0.243 e. The lowest BCUT2D eigenvalue weighted by Gasteiger charge is -2.07. The Morgan fingerprint density at radius 3 is 3.06 bits per heavy atom. The SMILES string of the molecule is CC(CCNc1nc2ccc(Br)cn2n1)S(C)=O. The van der Waals surface area contributed by atoms with Gasteiger partial charge in [0.15, 0.2) is 5.65 Å². The van der Waals surface area contributed by atoms with Gasteiger partial charge < -0.3 is 5.32 Å². The summed E-state index contributed by atoms with van der Waals surface area (Å²) in [6.45, 7) is 2.70. The van der Waals surface area contributed by atoms with Crippen molar-refractivity contribution in [2.75, 3.05) is 18.1 Å². The van der Waals surface area contributed by atoms with E-state index in [0.29, 0.717) is 5.95 Å². The van der Waals surface area contributed by atoms with Crippen molar-refractivity contribution in [2.45, 2.75) is 18.6 Å². The van der Waals surface area contributed by atoms with Gasteiger partial charge in [0, 0.05) is 39.5 Å². The van der Waals surface area contributed by atoms with Crippen molar-refractivity contribution in [1.29, 1.82) is 0 Å². The minimum absolute atomic E-state index is 0.184. The zero-order valence-corrected chi connectivity index (χ0v) is 12.7. The van der Waals surface area contributed by atoms with E-state index < -0.39 is 10.8 Å². The molecule has 5 nitrogen and oxygen atoms in total. The van der Waals surface area contributed by atoms with Crippen molar-refractivity contribution in [1.82, 2.24) is 14.6 Å². The molecule has 0 aliphatic heterocycles. The van der Waals surface area contributed by atoms with Crippen LogP contribution in [0, 0.1) is 0 Å². The fourth-order valence-corrected chi connectivity index (χ4v) is 2.26. The first-order valence-electron chi connectivity index (χ1n) is 5.64. The average molecular weight is 331 g/mol. The molecule has 18 heavy (non-hydrogen) atoms. The van der Waals surface area contributed by atoms with Gasteiger partial charge in [0.2, 0.25) is 5.95 Å². The van der Waals surface area contributed by atoms with Crippen LogP contribution in [0.25, 0.3) is 5.65 Å². The number of aromatic nitrogens is 3. The number of pyridine rings is 1. The van der Waals surface area contributed by atoms with Gasteiger partial charge in [0.25, 0.3) is 0 Å². The van der Waals surface area contributed by atoms with Crippen LogP contribution in [0.3, 0.4) is 0 Å². The molecular weight excluding hydrogens is 316 g/mol. The van der Waals surface area contributed by atoms with E-state index in [2.05, 4.69) is 31.3 Å². The van der Waals surface area contributed by atoms with E-state index >= 15 is 0 Å². The zero-order chi connectivity index (χ0) is 13.1. The summed E-state index contributed by atoms with van der Waals surface area (Å²) in [7, 11) is -0.778. The van der Waals surface area contributed by atoms with E-state index in [1.807, 2.05) is 25.3 Å². The van der Waals surface area contributed by atoms with Crippen LogP contribution in [0.5, 0.6) is 0 Å². The summed E-state index contributed by atoms with van der Waals surface area (Å²) in [6, 6.07) is 3.82. The molecule has 2 rings (SSSR count). The van der Waals surface area contributed by atoms with Gasteiger partial charge in [-0.2, -0.15) is 4.98 Å². The number of nitrogens with zero attached hydrogens (tertiary/aromatic N) is 3. The monoisotopic (exact) mass is 330 g/mol. The highest BCUT2D eigenvalue weighted by Crippen LogP contribution is 2.12. The molecule has 2 heterocycles. The fourth-order valence-electron chi connectivity index (χ4n) is 1.49. The van der Waals surface area contributed by atoms with Crippen LogP contribution < -0.4 is 5.32 Å². The maximum atomic E-state index is 11.2. The van der Waals surface area contributed by atoms with Gasteiger partial charge in [-0.25, -0.2) is 4.52 Å². The van der Waals surface area contributed by atoms with Crippen LogP contribution in [0.2, 0.25) is 0 Å². The molecule has 0 aliphatic rings. The second kappa shape index (κ2) is 5.79. The largest absolute Gasteiger partial charge is 0.353 e. The van der Waals surface area contributed by atoms with Crippen LogP contribution in [-0.4, -0.2) is 36.9 Å². The third-order valence-corrected chi connectivity index (χ3v) is 4.53. The van der Waals surface area contributed by atoms with E-state index in [-0.39, 0.29) is 5.25 Å². The van der Waals surface area contributed by atoms with Crippen molar-refractivity contribution in [2.24, 2.45) is 0 Å². The Bertz CT molecular complexity index is 571. The predicted molar refractivity (Wildman–Crippen MR) is 77.3 cm³/mol. The van der Waals surface area contributed by atoms with Crippen molar-refractivity contribution in [3.05, 3.63) is 22.8 Å². The third kappa shape index (κ3) is 3.29. The molecule has 2 unspecified atom stereocenters. The summed E-state index contributed by atoms with van der Waals surface area (Å²) < 4.78 is 13.9. The number of hydrogen-bond acceptors (Lipinski definition) is 4. The van der Waals surface area contributed by atoms with Crippen LogP contribution in [0.1, 0.15) is 13.3 Å². The molecule has 7 heteroatoms. The lowest BCUT2D eigenvalue weighted by molar-refractivity contribution is 0.672. The summed E-state index contributed by atoms with van der Waals surface area (Å²) in [4.78, 5) is 4.34. The number of hydrogen-bond donors (Lipinski definition) is 1. The molecule has 2 aromatic heterocycles. The van der Waals surface area contributed by atoms with Gasteiger partial charge >= 0.3 is 0 Å². The summed E-state index contributed by atoms with van der Waals surface area (Å²) in [5, 5.41) is 7.63. The zero-order valence-electron chi connectivity index (χ0n) is 10.3. The molecule has 0 saturated carbocycles. The first-order chi connectivity index (χ1) is 8.56. The quantitative estimate of drug-likeness (QED) is 0.911. The van der Waals surface area contributed by atoms with Gasteiger partial charge in [0.1, 0.15) is 0 Å². The standard InChI is InChI=1S/C11H15BrN4OS/c1-8(18(2)17)5-6-13-11-14-10-4-3-9(12)7-16(10)15-11/h3-4,7-8H,5-6H2,1-2H3,(H,13,15). The Balaban J connectivity index is 1.98. The van der Waals surface area contributed by atoms with Crippen LogP contribution >= 0.6 is 15.9 Å². The van der Waals surface area contributed by atoms with E-state index in [1.165, 1.54) is 0 Å². The van der Waals surface area contributed by atoms with Crippen LogP contribution in [0.4, 0.5) is 5.95 Å². The summed E-state index contributed by atoms with van der Waals surface area (Å²) in [5.41, 5.74) is 0.799. The average Bonchev–Trinajstić information content (AvgIpc) is 2.70. The third-order valence-electron chi connectivity index (χ3n) is 2.70. The molecule has 0 fully saturated rings. The van der Waals surface area contributed by atoms with Gasteiger partial charge in [-0.1, -0.05) is 6.92 Å². The second-order valence-electron chi connectivity index (χ2n) is 4.11. The van der Waals surface area contributed by atoms with Crippen molar-refractivity contribution >= 4 is 38.3 Å². The molecule has 0 saturated heterocycles. The molecule has 0 aliphatic carbocycles. The van der Waals surface area contributed by atoms with Crippen molar-refractivity contribution in [3.63, 3.8) is 0 Å². The fraction of sp³-hybridized carbons (Fsp3) is 0.455. The summed E-state index contributed by atoms with van der Waals surface area (Å²) >= 11 is 3.39. The normalized spacial score (nSPS) is 14.6. The molecule has 0 amide bonds. The molecular formula is C11H15BrN4OS. The molecule has 2 aromatic rings. The maximum absolute atomic E-state index is 11.2. The van der Waals surface area contributed by atoms with Crippen molar-refractivity contribution in [3.8, 4) is 0 Å². The molecule has 0 radical (unpaired) electrons. The van der Waals surface area contributed by atoms with Crippen LogP contribution in [0.15, 0.2) is 22.8 Å². The molecule has 0 aromatic carbocycles. The number of fused-ring (bicyclic) bond motifs is 1. The highest BCUT2D eigenvalue weighted by molar-refractivity contribution is 9.10. The number of anilines is 1. The number of rotatable bonds is 5. The maximum Gasteiger partial charge on any atom is 0.243 e. The van der Waals surface area contributed by atoms with E-state index in [4.69, 9.17) is 0 Å². The Kier molecular flexibility index (Phi) is 4.34. The molecule has 98 valence electrons. The first-order valence-corrected chi connectivity index (χ1v) is 8.05. The Morgan fingerprint density at radius 2 is 2.33 bits per heavy atom. The lowest BCUT2D eigenvalue weighted by atomic mass is 10.3. The molecule has 2 atom stereocenters. The highest BCUT2D eigenvalue weighted by Gasteiger charge is 2.07. The minimum Gasteiger partial charge on any atom is -0.353 e. The minimum atomic E-state index is -0.778. The lowest BCUT2D eigenvalue weighted by Crippen LogP contribution is -2.15. The Labute approximate surface area is 117 Å². The predicted octanol–water partition coefficient (Wildman–Crippen LogP) is 2.06. The molecule has 1 N–H and O–H groups in total. The number of halogens is 1. The molecule has 0 spiro atoms. The summed E-state index contributed by atoms with van der Waals surface area (Å²) in [5.74, 6) is 0.599.